The van der Waals surface area contributed by atoms with E-state index in [0.717, 1.165) is 13.1 Å². The second-order valence-electron chi connectivity index (χ2n) is 6.69. The first kappa shape index (κ1) is 11.4. The van der Waals surface area contributed by atoms with Gasteiger partial charge in [0.2, 0.25) is 0 Å². The van der Waals surface area contributed by atoms with Crippen LogP contribution < -0.4 is 5.73 Å². The Morgan fingerprint density at radius 1 is 1.22 bits per heavy atom. The van der Waals surface area contributed by atoms with Gasteiger partial charge in [-0.15, -0.1) is 11.3 Å². The molecule has 98 valence electrons. The number of hydrogen-bond acceptors (Lipinski definition) is 4. The molecule has 4 fully saturated rings. The third-order valence-corrected chi connectivity index (χ3v) is 6.36. The van der Waals surface area contributed by atoms with E-state index in [1.807, 2.05) is 11.3 Å². The summed E-state index contributed by atoms with van der Waals surface area (Å²) in [6.07, 6.45) is 0. The van der Waals surface area contributed by atoms with Crippen LogP contribution in [0, 0.1) is 5.41 Å². The molecule has 0 aromatic carbocycles. The van der Waals surface area contributed by atoms with Crippen LogP contribution in [0.1, 0.15) is 11.8 Å². The average Bonchev–Trinajstić information content (AvgIpc) is 2.75. The lowest BCUT2D eigenvalue weighted by Gasteiger charge is -2.59. The molecule has 0 amide bonds. The van der Waals surface area contributed by atoms with Gasteiger partial charge in [0.05, 0.1) is 0 Å². The van der Waals surface area contributed by atoms with Crippen molar-refractivity contribution in [2.45, 2.75) is 18.4 Å². The van der Waals surface area contributed by atoms with Gasteiger partial charge >= 0.3 is 0 Å². The number of nitrogens with two attached hydrogens (primary N) is 1. The van der Waals surface area contributed by atoms with Gasteiger partial charge in [-0.1, -0.05) is 13.0 Å². The van der Waals surface area contributed by atoms with Crippen LogP contribution in [0.5, 0.6) is 0 Å². The molecular weight excluding hydrogens is 242 g/mol. The molecule has 5 heterocycles. The molecule has 4 aliphatic rings. The van der Waals surface area contributed by atoms with Crippen molar-refractivity contribution in [3.8, 4) is 0 Å². The molecule has 4 heteroatoms. The van der Waals surface area contributed by atoms with E-state index >= 15 is 0 Å². The van der Waals surface area contributed by atoms with Crippen molar-refractivity contribution in [2.75, 3.05) is 39.3 Å². The zero-order valence-corrected chi connectivity index (χ0v) is 11.7. The average molecular weight is 263 g/mol. The van der Waals surface area contributed by atoms with Crippen molar-refractivity contribution >= 4 is 11.3 Å². The lowest BCUT2D eigenvalue weighted by atomic mass is 9.60. The number of piperidine rings is 2. The molecular formula is C14H21N3S. The summed E-state index contributed by atoms with van der Waals surface area (Å²) in [5.74, 6) is 0. The molecule has 4 bridgehead atoms. The number of rotatable bonds is 1. The minimum Gasteiger partial charge on any atom is -0.326 e. The fourth-order valence-electron chi connectivity index (χ4n) is 4.56. The number of nitrogens with zero attached hydrogens (tertiary/aromatic N) is 2. The van der Waals surface area contributed by atoms with Crippen molar-refractivity contribution in [1.82, 2.24) is 9.80 Å². The first-order valence-electron chi connectivity index (χ1n) is 6.87. The summed E-state index contributed by atoms with van der Waals surface area (Å²) in [6, 6.07) is 4.77. The van der Waals surface area contributed by atoms with E-state index in [1.165, 1.54) is 31.1 Å². The SMILES string of the molecule is CC12CN3CCN(C1)CC(c1cccs1)(C3)C2N. The van der Waals surface area contributed by atoms with E-state index in [1.54, 1.807) is 0 Å². The second-order valence-corrected chi connectivity index (χ2v) is 7.63. The van der Waals surface area contributed by atoms with E-state index in [4.69, 9.17) is 5.73 Å². The van der Waals surface area contributed by atoms with Crippen LogP contribution in [0.3, 0.4) is 0 Å². The van der Waals surface area contributed by atoms with Crippen LogP contribution in [0.4, 0.5) is 0 Å². The standard InChI is InChI=1S/C14H21N3S/c1-13-7-16-4-5-17(8-13)10-14(9-16,12(13)15)11-3-2-6-18-11/h2-3,6,12H,4-5,7-10,15H2,1H3. The first-order valence-corrected chi connectivity index (χ1v) is 7.75. The van der Waals surface area contributed by atoms with E-state index in [-0.39, 0.29) is 10.8 Å². The Labute approximate surface area is 113 Å². The zero-order chi connectivity index (χ0) is 12.4. The maximum absolute atomic E-state index is 6.75. The minimum atomic E-state index is 0.177. The maximum Gasteiger partial charge on any atom is 0.0458 e. The van der Waals surface area contributed by atoms with Crippen molar-refractivity contribution in [3.05, 3.63) is 22.4 Å². The van der Waals surface area contributed by atoms with Crippen LogP contribution in [0.25, 0.3) is 0 Å². The highest BCUT2D eigenvalue weighted by Gasteiger charge is 2.59. The molecule has 0 saturated carbocycles. The molecule has 3 atom stereocenters. The van der Waals surface area contributed by atoms with E-state index in [0.29, 0.717) is 6.04 Å². The minimum absolute atomic E-state index is 0.177. The zero-order valence-electron chi connectivity index (χ0n) is 10.9. The van der Waals surface area contributed by atoms with Gasteiger partial charge in [0, 0.05) is 61.0 Å². The number of thiophene rings is 1. The molecule has 18 heavy (non-hydrogen) atoms. The largest absolute Gasteiger partial charge is 0.326 e. The van der Waals surface area contributed by atoms with Gasteiger partial charge in [-0.05, 0) is 11.4 Å². The molecule has 0 radical (unpaired) electrons. The highest BCUT2D eigenvalue weighted by atomic mass is 32.1. The Hall–Kier alpha value is -0.420. The smallest absolute Gasteiger partial charge is 0.0458 e. The van der Waals surface area contributed by atoms with Crippen LogP contribution in [-0.4, -0.2) is 55.1 Å². The van der Waals surface area contributed by atoms with Crippen molar-refractivity contribution in [3.63, 3.8) is 0 Å². The molecule has 1 aromatic heterocycles. The topological polar surface area (TPSA) is 32.5 Å². The fraction of sp³-hybridized carbons (Fsp3) is 0.714. The summed E-state index contributed by atoms with van der Waals surface area (Å²) in [5, 5.41) is 2.20. The Balaban J connectivity index is 1.87. The van der Waals surface area contributed by atoms with Gasteiger partial charge < -0.3 is 15.5 Å². The van der Waals surface area contributed by atoms with E-state index in [2.05, 4.69) is 34.2 Å². The van der Waals surface area contributed by atoms with Crippen molar-refractivity contribution < 1.29 is 0 Å². The van der Waals surface area contributed by atoms with Crippen LogP contribution in [0.15, 0.2) is 17.5 Å². The molecule has 0 aliphatic carbocycles. The van der Waals surface area contributed by atoms with Crippen LogP contribution in [0.2, 0.25) is 0 Å². The van der Waals surface area contributed by atoms with E-state index in [9.17, 15) is 0 Å². The van der Waals surface area contributed by atoms with E-state index < -0.39 is 0 Å². The maximum atomic E-state index is 6.75. The third-order valence-electron chi connectivity index (χ3n) is 5.27. The summed E-state index contributed by atoms with van der Waals surface area (Å²) in [7, 11) is 0. The molecule has 3 nitrogen and oxygen atoms in total. The molecule has 1 aromatic rings. The van der Waals surface area contributed by atoms with Crippen molar-refractivity contribution in [1.29, 1.82) is 0 Å². The molecule has 4 saturated heterocycles. The van der Waals surface area contributed by atoms with Gasteiger partial charge in [0.15, 0.2) is 0 Å². The first-order chi connectivity index (χ1) is 8.62. The molecule has 2 N–H and O–H groups in total. The quantitative estimate of drug-likeness (QED) is 0.819. The van der Waals surface area contributed by atoms with Crippen LogP contribution in [-0.2, 0) is 5.41 Å². The van der Waals surface area contributed by atoms with Gasteiger partial charge in [0.25, 0.3) is 0 Å². The summed E-state index contributed by atoms with van der Waals surface area (Å²) < 4.78 is 0. The predicted molar refractivity (Wildman–Crippen MR) is 75.0 cm³/mol. The lowest BCUT2D eigenvalue weighted by Crippen LogP contribution is -2.73. The molecule has 5 rings (SSSR count). The molecule has 0 spiro atoms. The Morgan fingerprint density at radius 3 is 2.44 bits per heavy atom. The highest BCUT2D eigenvalue weighted by molar-refractivity contribution is 7.10. The number of hydrogen-bond donors (Lipinski definition) is 1. The van der Waals surface area contributed by atoms with Gasteiger partial charge in [0.1, 0.15) is 0 Å². The lowest BCUT2D eigenvalue weighted by molar-refractivity contribution is -0.0248. The summed E-state index contributed by atoms with van der Waals surface area (Å²) in [4.78, 5) is 6.80. The van der Waals surface area contributed by atoms with Crippen molar-refractivity contribution in [2.24, 2.45) is 11.1 Å². The third kappa shape index (κ3) is 1.35. The summed E-state index contributed by atoms with van der Waals surface area (Å²) >= 11 is 1.89. The summed E-state index contributed by atoms with van der Waals surface area (Å²) in [5.41, 5.74) is 7.19. The summed E-state index contributed by atoms with van der Waals surface area (Å²) in [6.45, 7) is 9.49. The fourth-order valence-corrected chi connectivity index (χ4v) is 5.51. The monoisotopic (exact) mass is 263 g/mol. The van der Waals surface area contributed by atoms with Crippen LogP contribution >= 0.6 is 11.3 Å². The Morgan fingerprint density at radius 2 is 1.89 bits per heavy atom. The van der Waals surface area contributed by atoms with Gasteiger partial charge in [-0.3, -0.25) is 0 Å². The van der Waals surface area contributed by atoms with Gasteiger partial charge in [-0.25, -0.2) is 0 Å². The molecule has 3 unspecified atom stereocenters. The normalized spacial score (nSPS) is 50.4. The Kier molecular flexibility index (Phi) is 2.26. The predicted octanol–water partition coefficient (Wildman–Crippen LogP) is 0.964. The Bertz CT molecular complexity index is 440. The second kappa shape index (κ2) is 3.57. The highest BCUT2D eigenvalue weighted by Crippen LogP contribution is 2.48. The molecule has 4 aliphatic heterocycles. The van der Waals surface area contributed by atoms with Gasteiger partial charge in [-0.2, -0.15) is 0 Å². The number of fused-ring (bicyclic) bond motifs is 1.